The number of nitrogens with zero attached hydrogens (tertiary/aromatic N) is 1. The van der Waals surface area contributed by atoms with Crippen molar-refractivity contribution in [3.63, 3.8) is 0 Å². The number of aromatic nitrogens is 1. The Morgan fingerprint density at radius 1 is 1.47 bits per heavy atom. The van der Waals surface area contributed by atoms with Crippen molar-refractivity contribution < 1.29 is 14.6 Å². The molecule has 0 aliphatic carbocycles. The molecule has 0 fully saturated rings. The standard InChI is InChI=1S/C12H16N2O3/c1-6(5-13)17-12(16)11-7(2)10(9(4)15)8(3)14-11/h6,9,14-15H,1-4H3/t6-,9-/m0/s1. The molecule has 0 amide bonds. The van der Waals surface area contributed by atoms with Gasteiger partial charge in [0.25, 0.3) is 0 Å². The molecule has 0 unspecified atom stereocenters. The van der Waals surface area contributed by atoms with Crippen LogP contribution in [0.5, 0.6) is 0 Å². The van der Waals surface area contributed by atoms with Gasteiger partial charge in [-0.15, -0.1) is 0 Å². The number of hydrogen-bond acceptors (Lipinski definition) is 4. The molecular formula is C12H16N2O3. The second kappa shape index (κ2) is 5.02. The van der Waals surface area contributed by atoms with Crippen molar-refractivity contribution in [1.29, 1.82) is 5.26 Å². The lowest BCUT2D eigenvalue weighted by Crippen LogP contribution is -2.14. The van der Waals surface area contributed by atoms with Gasteiger partial charge in [-0.05, 0) is 33.3 Å². The maximum atomic E-state index is 11.7. The van der Waals surface area contributed by atoms with E-state index >= 15 is 0 Å². The Kier molecular flexibility index (Phi) is 3.92. The molecule has 2 N–H and O–H groups in total. The van der Waals surface area contributed by atoms with Crippen LogP contribution in [0, 0.1) is 25.2 Å². The van der Waals surface area contributed by atoms with Crippen LogP contribution in [-0.4, -0.2) is 22.2 Å². The normalized spacial score (nSPS) is 13.9. The highest BCUT2D eigenvalue weighted by atomic mass is 16.5. The Bertz CT molecular complexity index is 469. The van der Waals surface area contributed by atoms with Crippen LogP contribution in [0.4, 0.5) is 0 Å². The lowest BCUT2D eigenvalue weighted by atomic mass is 10.1. The number of aliphatic hydroxyl groups excluding tert-OH is 1. The number of carbonyl (C=O) groups is 1. The number of H-pyrrole nitrogens is 1. The van der Waals surface area contributed by atoms with E-state index in [-0.39, 0.29) is 0 Å². The van der Waals surface area contributed by atoms with Gasteiger partial charge < -0.3 is 14.8 Å². The molecule has 0 saturated heterocycles. The largest absolute Gasteiger partial charge is 0.443 e. The van der Waals surface area contributed by atoms with Crippen molar-refractivity contribution >= 4 is 5.97 Å². The Hall–Kier alpha value is -1.80. The summed E-state index contributed by atoms with van der Waals surface area (Å²) in [6.45, 7) is 6.65. The second-order valence-corrected chi connectivity index (χ2v) is 4.02. The van der Waals surface area contributed by atoms with Gasteiger partial charge >= 0.3 is 5.97 Å². The maximum Gasteiger partial charge on any atom is 0.356 e. The quantitative estimate of drug-likeness (QED) is 0.783. The van der Waals surface area contributed by atoms with Gasteiger partial charge in [0.05, 0.1) is 6.10 Å². The summed E-state index contributed by atoms with van der Waals surface area (Å²) in [5.74, 6) is -0.577. The van der Waals surface area contributed by atoms with E-state index in [1.54, 1.807) is 20.8 Å². The number of aryl methyl sites for hydroxylation is 1. The van der Waals surface area contributed by atoms with Crippen LogP contribution in [0.2, 0.25) is 0 Å². The first-order valence-corrected chi connectivity index (χ1v) is 5.36. The van der Waals surface area contributed by atoms with Crippen LogP contribution >= 0.6 is 0 Å². The van der Waals surface area contributed by atoms with Crippen LogP contribution in [0.1, 0.15) is 47.3 Å². The molecule has 17 heavy (non-hydrogen) atoms. The second-order valence-electron chi connectivity index (χ2n) is 4.02. The Balaban J connectivity index is 3.05. The summed E-state index contributed by atoms with van der Waals surface area (Å²) >= 11 is 0. The van der Waals surface area contributed by atoms with E-state index < -0.39 is 18.2 Å². The molecular weight excluding hydrogens is 220 g/mol. The molecule has 5 heteroatoms. The third kappa shape index (κ3) is 2.66. The third-order valence-electron chi connectivity index (χ3n) is 2.58. The molecule has 0 radical (unpaired) electrons. The molecule has 1 rings (SSSR count). The van der Waals surface area contributed by atoms with Crippen molar-refractivity contribution in [3.8, 4) is 6.07 Å². The smallest absolute Gasteiger partial charge is 0.356 e. The lowest BCUT2D eigenvalue weighted by Gasteiger charge is -2.06. The zero-order valence-corrected chi connectivity index (χ0v) is 10.4. The number of carbonyl (C=O) groups excluding carboxylic acids is 1. The van der Waals surface area contributed by atoms with Gasteiger partial charge in [-0.1, -0.05) is 0 Å². The molecule has 0 aliphatic heterocycles. The average Bonchev–Trinajstić information content (AvgIpc) is 2.53. The van der Waals surface area contributed by atoms with Gasteiger partial charge in [-0.2, -0.15) is 5.26 Å². The molecule has 92 valence electrons. The zero-order chi connectivity index (χ0) is 13.2. The van der Waals surface area contributed by atoms with E-state index in [1.807, 2.05) is 6.07 Å². The van der Waals surface area contributed by atoms with Crippen LogP contribution < -0.4 is 0 Å². The molecule has 0 aromatic carbocycles. The van der Waals surface area contributed by atoms with Crippen molar-refractivity contribution in [2.45, 2.75) is 39.9 Å². The Morgan fingerprint density at radius 2 is 2.06 bits per heavy atom. The summed E-state index contributed by atoms with van der Waals surface area (Å²) in [5, 5.41) is 18.2. The summed E-state index contributed by atoms with van der Waals surface area (Å²) in [6, 6.07) is 1.82. The molecule has 1 aromatic rings. The van der Waals surface area contributed by atoms with Crippen molar-refractivity contribution in [1.82, 2.24) is 4.98 Å². The monoisotopic (exact) mass is 236 g/mol. The Morgan fingerprint density at radius 3 is 2.47 bits per heavy atom. The highest BCUT2D eigenvalue weighted by Crippen LogP contribution is 2.24. The Labute approximate surface area is 100 Å². The fourth-order valence-corrected chi connectivity index (χ4v) is 1.84. The van der Waals surface area contributed by atoms with Gasteiger partial charge in [0.15, 0.2) is 6.10 Å². The minimum absolute atomic E-state index is 0.292. The van der Waals surface area contributed by atoms with Gasteiger partial charge in [0.2, 0.25) is 0 Å². The first-order chi connectivity index (χ1) is 7.88. The van der Waals surface area contributed by atoms with Gasteiger partial charge in [0.1, 0.15) is 11.8 Å². The number of nitrogens with one attached hydrogen (secondary N) is 1. The summed E-state index contributed by atoms with van der Waals surface area (Å²) in [4.78, 5) is 14.6. The molecule has 5 nitrogen and oxygen atoms in total. The number of aromatic amines is 1. The predicted octanol–water partition coefficient (Wildman–Crippen LogP) is 1.75. The van der Waals surface area contributed by atoms with Crippen LogP contribution in [0.15, 0.2) is 0 Å². The highest BCUT2D eigenvalue weighted by Gasteiger charge is 2.22. The van der Waals surface area contributed by atoms with E-state index in [0.29, 0.717) is 16.8 Å². The SMILES string of the molecule is Cc1[nH]c(C(=O)O[C@@H](C)C#N)c(C)c1[C@H](C)O. The lowest BCUT2D eigenvalue weighted by molar-refractivity contribution is 0.0428. The summed E-state index contributed by atoms with van der Waals surface area (Å²) in [6.07, 6.45) is -1.44. The molecule has 0 aliphatic rings. The van der Waals surface area contributed by atoms with Gasteiger partial charge in [0, 0.05) is 11.3 Å². The van der Waals surface area contributed by atoms with E-state index in [2.05, 4.69) is 4.98 Å². The van der Waals surface area contributed by atoms with Gasteiger partial charge in [-0.3, -0.25) is 0 Å². The predicted molar refractivity (Wildman–Crippen MR) is 61.4 cm³/mol. The average molecular weight is 236 g/mol. The topological polar surface area (TPSA) is 86.1 Å². The van der Waals surface area contributed by atoms with E-state index in [1.165, 1.54) is 6.92 Å². The summed E-state index contributed by atoms with van der Waals surface area (Å²) in [7, 11) is 0. The van der Waals surface area contributed by atoms with E-state index in [0.717, 1.165) is 5.69 Å². The fraction of sp³-hybridized carbons (Fsp3) is 0.500. The molecule has 1 heterocycles. The van der Waals surface area contributed by atoms with Crippen molar-refractivity contribution in [2.24, 2.45) is 0 Å². The third-order valence-corrected chi connectivity index (χ3v) is 2.58. The minimum atomic E-state index is -0.791. The van der Waals surface area contributed by atoms with Gasteiger partial charge in [-0.25, -0.2) is 4.79 Å². The van der Waals surface area contributed by atoms with Crippen LogP contribution in [0.3, 0.4) is 0 Å². The number of esters is 1. The fourth-order valence-electron chi connectivity index (χ4n) is 1.84. The zero-order valence-electron chi connectivity index (χ0n) is 10.4. The van der Waals surface area contributed by atoms with Crippen LogP contribution in [0.25, 0.3) is 0 Å². The van der Waals surface area contributed by atoms with Crippen molar-refractivity contribution in [2.75, 3.05) is 0 Å². The number of nitriles is 1. The molecule has 0 spiro atoms. The van der Waals surface area contributed by atoms with Crippen LogP contribution in [-0.2, 0) is 4.74 Å². The number of ether oxygens (including phenoxy) is 1. The maximum absolute atomic E-state index is 11.7. The van der Waals surface area contributed by atoms with E-state index in [4.69, 9.17) is 10.00 Å². The first kappa shape index (κ1) is 13.3. The molecule has 1 aromatic heterocycles. The summed E-state index contributed by atoms with van der Waals surface area (Å²) in [5.41, 5.74) is 2.38. The molecule has 2 atom stereocenters. The molecule has 0 bridgehead atoms. The minimum Gasteiger partial charge on any atom is -0.443 e. The molecule has 0 saturated carbocycles. The highest BCUT2D eigenvalue weighted by molar-refractivity contribution is 5.90. The van der Waals surface area contributed by atoms with Crippen molar-refractivity contribution in [3.05, 3.63) is 22.5 Å². The number of hydrogen-bond donors (Lipinski definition) is 2. The first-order valence-electron chi connectivity index (χ1n) is 5.36. The number of rotatable bonds is 3. The van der Waals surface area contributed by atoms with E-state index in [9.17, 15) is 9.90 Å². The summed E-state index contributed by atoms with van der Waals surface area (Å²) < 4.78 is 4.90. The number of aliphatic hydroxyl groups is 1.